The fourth-order valence-electron chi connectivity index (χ4n) is 6.68. The summed E-state index contributed by atoms with van der Waals surface area (Å²) in [4.78, 5) is 30.1. The van der Waals surface area contributed by atoms with Gasteiger partial charge in [0.2, 0.25) is 0 Å². The van der Waals surface area contributed by atoms with Crippen LogP contribution in [0.3, 0.4) is 0 Å². The Bertz CT molecular complexity index is 1390. The van der Waals surface area contributed by atoms with E-state index >= 15 is 0 Å². The Morgan fingerprint density at radius 1 is 0.867 bits per heavy atom. The number of benzene rings is 3. The third-order valence-corrected chi connectivity index (χ3v) is 8.94. The molecule has 0 unspecified atom stereocenters. The van der Waals surface area contributed by atoms with Crippen molar-refractivity contribution < 1.29 is 23.8 Å². The Balaban J connectivity index is 1.27. The Kier molecular flexibility index (Phi) is 10.0. The molecule has 0 aliphatic carbocycles. The summed E-state index contributed by atoms with van der Waals surface area (Å²) >= 11 is 0. The summed E-state index contributed by atoms with van der Waals surface area (Å²) in [7, 11) is 3.39. The van der Waals surface area contributed by atoms with Crippen molar-refractivity contribution in [1.29, 1.82) is 0 Å². The van der Waals surface area contributed by atoms with Gasteiger partial charge in [-0.05, 0) is 106 Å². The van der Waals surface area contributed by atoms with E-state index in [-0.39, 0.29) is 17.4 Å². The highest BCUT2D eigenvalue weighted by atomic mass is 16.6. The molecule has 0 spiro atoms. The zero-order valence-corrected chi connectivity index (χ0v) is 27.3. The summed E-state index contributed by atoms with van der Waals surface area (Å²) in [5.41, 5.74) is 3.66. The van der Waals surface area contributed by atoms with Crippen LogP contribution in [0.2, 0.25) is 0 Å². The highest BCUT2D eigenvalue weighted by Crippen LogP contribution is 2.42. The molecule has 3 aromatic rings. The number of methoxy groups -OCH3 is 2. The fourth-order valence-corrected chi connectivity index (χ4v) is 6.68. The average Bonchev–Trinajstić information content (AvgIpc) is 3.04. The van der Waals surface area contributed by atoms with Crippen LogP contribution >= 0.6 is 0 Å². The third kappa shape index (κ3) is 7.98. The molecule has 240 valence electrons. The molecule has 0 saturated carbocycles. The quantitative estimate of drug-likeness (QED) is 0.316. The number of amides is 2. The molecule has 0 radical (unpaired) electrons. The maximum atomic E-state index is 13.5. The van der Waals surface area contributed by atoms with Gasteiger partial charge in [0.1, 0.15) is 17.1 Å². The molecule has 0 atom stereocenters. The summed E-state index contributed by atoms with van der Waals surface area (Å²) in [6.07, 6.45) is 3.11. The first-order valence-electron chi connectivity index (χ1n) is 16.0. The van der Waals surface area contributed by atoms with Crippen LogP contribution in [-0.2, 0) is 16.7 Å². The lowest BCUT2D eigenvalue weighted by Gasteiger charge is -2.44. The van der Waals surface area contributed by atoms with Crippen LogP contribution in [0.25, 0.3) is 0 Å². The minimum Gasteiger partial charge on any atom is -0.497 e. The first-order chi connectivity index (χ1) is 21.6. The van der Waals surface area contributed by atoms with E-state index in [1.54, 1.807) is 14.2 Å². The van der Waals surface area contributed by atoms with Gasteiger partial charge < -0.3 is 24.4 Å². The van der Waals surface area contributed by atoms with Gasteiger partial charge in [-0.15, -0.1) is 0 Å². The summed E-state index contributed by atoms with van der Waals surface area (Å²) < 4.78 is 16.3. The van der Waals surface area contributed by atoms with E-state index in [0.717, 1.165) is 49.5 Å². The van der Waals surface area contributed by atoms with Crippen molar-refractivity contribution in [3.63, 3.8) is 0 Å². The zero-order chi connectivity index (χ0) is 32.0. The Hall–Kier alpha value is -4.04. The van der Waals surface area contributed by atoms with Gasteiger partial charge >= 0.3 is 6.09 Å². The topological polar surface area (TPSA) is 80.3 Å². The molecule has 0 bridgehead atoms. The number of hydrogen-bond donors (Lipinski definition) is 1. The minimum atomic E-state index is -0.535. The SMILES string of the molecule is COc1ccc(C2(c3ccc(OC)cc3)CCCN(Cc3cccc(C(=O)N4CCC(NC(=O)OC(C)(C)C)CC4)c3)C2)cc1. The number of rotatable bonds is 8. The summed E-state index contributed by atoms with van der Waals surface area (Å²) in [5, 5.41) is 2.95. The van der Waals surface area contributed by atoms with Crippen molar-refractivity contribution in [3.8, 4) is 11.5 Å². The van der Waals surface area contributed by atoms with Crippen LogP contribution in [0.4, 0.5) is 4.79 Å². The number of likely N-dealkylation sites (tertiary alicyclic amines) is 2. The lowest BCUT2D eigenvalue weighted by Crippen LogP contribution is -2.47. The van der Waals surface area contributed by atoms with Gasteiger partial charge in [0.05, 0.1) is 14.2 Å². The normalized spacial score (nSPS) is 17.4. The monoisotopic (exact) mass is 613 g/mol. The summed E-state index contributed by atoms with van der Waals surface area (Å²) in [6, 6.07) is 25.0. The number of piperidine rings is 2. The van der Waals surface area contributed by atoms with E-state index in [9.17, 15) is 9.59 Å². The first kappa shape index (κ1) is 32.4. The molecule has 8 nitrogen and oxygen atoms in total. The van der Waals surface area contributed by atoms with Crippen LogP contribution < -0.4 is 14.8 Å². The Morgan fingerprint density at radius 2 is 1.47 bits per heavy atom. The highest BCUT2D eigenvalue weighted by molar-refractivity contribution is 5.94. The standard InChI is InChI=1S/C37H47N3O5/c1-36(2,3)45-35(42)38-31-18-22-40(23-19-31)34(41)28-9-6-8-27(24-28)25-39-21-7-20-37(26-39,29-10-14-32(43-4)15-11-29)30-12-16-33(44-5)17-13-30/h6,8-17,24,31H,7,18-23,25-26H2,1-5H3,(H,38,42). The van der Waals surface area contributed by atoms with E-state index in [1.807, 2.05) is 68.1 Å². The molecule has 2 heterocycles. The van der Waals surface area contributed by atoms with E-state index in [2.05, 4.69) is 40.5 Å². The van der Waals surface area contributed by atoms with Crippen LogP contribution in [0.15, 0.2) is 72.8 Å². The maximum absolute atomic E-state index is 13.5. The van der Waals surface area contributed by atoms with Gasteiger partial charge in [0.15, 0.2) is 0 Å². The van der Waals surface area contributed by atoms with E-state index in [4.69, 9.17) is 14.2 Å². The fraction of sp³-hybridized carbons (Fsp3) is 0.459. The second kappa shape index (κ2) is 13.9. The molecule has 2 fully saturated rings. The van der Waals surface area contributed by atoms with Crippen molar-refractivity contribution in [2.75, 3.05) is 40.4 Å². The lowest BCUT2D eigenvalue weighted by atomic mass is 9.69. The molecule has 3 aromatic carbocycles. The maximum Gasteiger partial charge on any atom is 0.407 e. The molecular formula is C37H47N3O5. The van der Waals surface area contributed by atoms with Gasteiger partial charge in [-0.25, -0.2) is 4.79 Å². The van der Waals surface area contributed by atoms with Gasteiger partial charge in [0.25, 0.3) is 5.91 Å². The molecule has 8 heteroatoms. The van der Waals surface area contributed by atoms with Crippen molar-refractivity contribution in [2.24, 2.45) is 0 Å². The number of nitrogens with zero attached hydrogens (tertiary/aromatic N) is 2. The number of carbonyl (C=O) groups is 2. The van der Waals surface area contributed by atoms with Crippen LogP contribution in [-0.4, -0.2) is 73.8 Å². The Labute approximate surface area is 267 Å². The van der Waals surface area contributed by atoms with Crippen molar-refractivity contribution in [3.05, 3.63) is 95.1 Å². The number of carbonyl (C=O) groups excluding carboxylic acids is 2. The van der Waals surface area contributed by atoms with Gasteiger partial charge in [-0.2, -0.15) is 0 Å². The predicted octanol–water partition coefficient (Wildman–Crippen LogP) is 6.42. The van der Waals surface area contributed by atoms with Crippen LogP contribution in [0.5, 0.6) is 11.5 Å². The van der Waals surface area contributed by atoms with Gasteiger partial charge in [0, 0.05) is 43.2 Å². The molecule has 1 N–H and O–H groups in total. The number of ether oxygens (including phenoxy) is 3. The van der Waals surface area contributed by atoms with Crippen molar-refractivity contribution in [2.45, 2.75) is 70.1 Å². The Morgan fingerprint density at radius 3 is 2.02 bits per heavy atom. The molecule has 2 amide bonds. The molecule has 2 saturated heterocycles. The second-order valence-corrected chi connectivity index (χ2v) is 13.3. The number of nitrogens with one attached hydrogen (secondary N) is 1. The van der Waals surface area contributed by atoms with Crippen LogP contribution in [0, 0.1) is 0 Å². The minimum absolute atomic E-state index is 0.00556. The zero-order valence-electron chi connectivity index (χ0n) is 27.3. The predicted molar refractivity (Wildman–Crippen MR) is 176 cm³/mol. The molecular weight excluding hydrogens is 566 g/mol. The molecule has 2 aliphatic rings. The van der Waals surface area contributed by atoms with Crippen molar-refractivity contribution in [1.82, 2.24) is 15.1 Å². The smallest absolute Gasteiger partial charge is 0.407 e. The number of hydrogen-bond acceptors (Lipinski definition) is 6. The molecule has 5 rings (SSSR count). The first-order valence-corrected chi connectivity index (χ1v) is 16.0. The van der Waals surface area contributed by atoms with E-state index < -0.39 is 11.7 Å². The van der Waals surface area contributed by atoms with Crippen LogP contribution in [0.1, 0.15) is 73.5 Å². The van der Waals surface area contributed by atoms with E-state index in [0.29, 0.717) is 31.5 Å². The second-order valence-electron chi connectivity index (χ2n) is 13.3. The molecule has 45 heavy (non-hydrogen) atoms. The van der Waals surface area contributed by atoms with Gasteiger partial charge in [-0.1, -0.05) is 36.4 Å². The summed E-state index contributed by atoms with van der Waals surface area (Å²) in [6.45, 7) is 9.37. The van der Waals surface area contributed by atoms with E-state index in [1.165, 1.54) is 11.1 Å². The number of alkyl carbamates (subject to hydrolysis) is 1. The average molecular weight is 614 g/mol. The van der Waals surface area contributed by atoms with Crippen molar-refractivity contribution >= 4 is 12.0 Å². The van der Waals surface area contributed by atoms with Gasteiger partial charge in [-0.3, -0.25) is 9.69 Å². The molecule has 2 aliphatic heterocycles. The lowest BCUT2D eigenvalue weighted by molar-refractivity contribution is 0.0473. The highest BCUT2D eigenvalue weighted by Gasteiger charge is 2.39. The largest absolute Gasteiger partial charge is 0.497 e. The molecule has 0 aromatic heterocycles. The summed E-state index contributed by atoms with van der Waals surface area (Å²) in [5.74, 6) is 1.74. The third-order valence-electron chi connectivity index (χ3n) is 8.94.